The number of hydrogen-bond acceptors (Lipinski definition) is 3. The van der Waals surface area contributed by atoms with Gasteiger partial charge in [-0.15, -0.1) is 6.42 Å². The number of terminal acetylenes is 1. The number of amides is 1. The van der Waals surface area contributed by atoms with Gasteiger partial charge in [0.05, 0.1) is 6.54 Å². The smallest absolute Gasteiger partial charge is 0.410 e. The summed E-state index contributed by atoms with van der Waals surface area (Å²) in [4.78, 5) is 18.4. The Kier molecular flexibility index (Phi) is 7.73. The molecule has 0 aliphatic carbocycles. The fourth-order valence-electron chi connectivity index (χ4n) is 2.32. The number of rotatable bonds is 4. The van der Waals surface area contributed by atoms with Crippen molar-refractivity contribution in [2.45, 2.75) is 46.1 Å². The number of nitrogens with zero attached hydrogens (tertiary/aromatic N) is 2. The Labute approximate surface area is 140 Å². The zero-order chi connectivity index (χ0) is 17.3. The maximum atomic E-state index is 12.0. The second-order valence-electron chi connectivity index (χ2n) is 6.69. The van der Waals surface area contributed by atoms with Crippen molar-refractivity contribution in [3.05, 3.63) is 0 Å². The second-order valence-corrected chi connectivity index (χ2v) is 6.69. The molecule has 6 heteroatoms. The molecule has 0 saturated carbocycles. The highest BCUT2D eigenvalue weighted by Crippen LogP contribution is 2.19. The van der Waals surface area contributed by atoms with E-state index in [1.807, 2.05) is 27.7 Å². The Morgan fingerprint density at radius 1 is 1.35 bits per heavy atom. The molecule has 6 nitrogen and oxygen atoms in total. The summed E-state index contributed by atoms with van der Waals surface area (Å²) in [6, 6.07) is 0. The summed E-state index contributed by atoms with van der Waals surface area (Å²) in [5.41, 5.74) is -0.443. The van der Waals surface area contributed by atoms with Gasteiger partial charge in [0.25, 0.3) is 0 Å². The van der Waals surface area contributed by atoms with Gasteiger partial charge in [-0.3, -0.25) is 4.99 Å². The van der Waals surface area contributed by atoms with Gasteiger partial charge in [0, 0.05) is 26.2 Å². The third kappa shape index (κ3) is 7.78. The van der Waals surface area contributed by atoms with E-state index >= 15 is 0 Å². The minimum Gasteiger partial charge on any atom is -0.444 e. The largest absolute Gasteiger partial charge is 0.444 e. The summed E-state index contributed by atoms with van der Waals surface area (Å²) in [6.07, 6.45) is 6.92. The third-order valence-electron chi connectivity index (χ3n) is 3.48. The molecular formula is C17H30N4O2. The van der Waals surface area contributed by atoms with E-state index in [9.17, 15) is 4.79 Å². The van der Waals surface area contributed by atoms with E-state index in [4.69, 9.17) is 11.2 Å². The molecule has 0 radical (unpaired) electrons. The summed E-state index contributed by atoms with van der Waals surface area (Å²) in [5.74, 6) is 3.77. The third-order valence-corrected chi connectivity index (χ3v) is 3.48. The van der Waals surface area contributed by atoms with E-state index in [0.717, 1.165) is 45.0 Å². The molecule has 0 aromatic heterocycles. The summed E-state index contributed by atoms with van der Waals surface area (Å²) < 4.78 is 5.41. The van der Waals surface area contributed by atoms with Crippen molar-refractivity contribution in [3.63, 3.8) is 0 Å². The van der Waals surface area contributed by atoms with Gasteiger partial charge in [0.2, 0.25) is 0 Å². The molecule has 0 atom stereocenters. The first kappa shape index (κ1) is 19.1. The lowest BCUT2D eigenvalue weighted by atomic mass is 9.97. The van der Waals surface area contributed by atoms with Crippen molar-refractivity contribution in [1.29, 1.82) is 0 Å². The molecule has 0 spiro atoms. The van der Waals surface area contributed by atoms with Crippen LogP contribution in [0.2, 0.25) is 0 Å². The van der Waals surface area contributed by atoms with Gasteiger partial charge in [-0.25, -0.2) is 4.79 Å². The minimum absolute atomic E-state index is 0.219. The molecule has 1 amide bonds. The average Bonchev–Trinajstić information content (AvgIpc) is 2.49. The highest BCUT2D eigenvalue weighted by atomic mass is 16.6. The Bertz CT molecular complexity index is 440. The summed E-state index contributed by atoms with van der Waals surface area (Å²) in [6.45, 7) is 11.1. The number of ether oxygens (including phenoxy) is 1. The van der Waals surface area contributed by atoms with Crippen LogP contribution in [0.1, 0.15) is 40.5 Å². The van der Waals surface area contributed by atoms with Crippen LogP contribution in [0, 0.1) is 18.3 Å². The van der Waals surface area contributed by atoms with Gasteiger partial charge in [0.15, 0.2) is 5.96 Å². The fraction of sp³-hybridized carbons (Fsp3) is 0.765. The number of hydrogen-bond donors (Lipinski definition) is 2. The molecule has 0 unspecified atom stereocenters. The van der Waals surface area contributed by atoms with Crippen LogP contribution < -0.4 is 10.6 Å². The quantitative estimate of drug-likeness (QED) is 0.471. The molecule has 0 bridgehead atoms. The zero-order valence-corrected chi connectivity index (χ0v) is 14.8. The molecule has 130 valence electrons. The lowest BCUT2D eigenvalue weighted by molar-refractivity contribution is 0.0187. The van der Waals surface area contributed by atoms with Crippen LogP contribution >= 0.6 is 0 Å². The summed E-state index contributed by atoms with van der Waals surface area (Å²) >= 11 is 0. The molecule has 1 aliphatic rings. The normalized spacial score (nSPS) is 16.7. The molecular weight excluding hydrogens is 292 g/mol. The Morgan fingerprint density at radius 2 is 2.00 bits per heavy atom. The predicted octanol–water partition coefficient (Wildman–Crippen LogP) is 1.82. The first-order valence-corrected chi connectivity index (χ1v) is 8.29. The molecule has 0 aromatic rings. The number of aliphatic imine (C=N–C) groups is 1. The first-order chi connectivity index (χ1) is 10.9. The van der Waals surface area contributed by atoms with Crippen molar-refractivity contribution in [3.8, 4) is 12.3 Å². The Balaban J connectivity index is 2.40. The second kappa shape index (κ2) is 9.29. The van der Waals surface area contributed by atoms with Crippen LogP contribution in [0.4, 0.5) is 4.79 Å². The van der Waals surface area contributed by atoms with Gasteiger partial charge in [-0.05, 0) is 46.5 Å². The van der Waals surface area contributed by atoms with Crippen molar-refractivity contribution < 1.29 is 9.53 Å². The number of nitrogens with one attached hydrogen (secondary N) is 2. The molecule has 1 fully saturated rings. The van der Waals surface area contributed by atoms with E-state index in [2.05, 4.69) is 21.5 Å². The molecule has 2 N–H and O–H groups in total. The van der Waals surface area contributed by atoms with Gasteiger partial charge < -0.3 is 20.3 Å². The molecule has 1 aliphatic heterocycles. The highest BCUT2D eigenvalue weighted by Gasteiger charge is 2.26. The van der Waals surface area contributed by atoms with E-state index in [-0.39, 0.29) is 6.09 Å². The SMILES string of the molecule is C#CCNC(=NCC1CCN(C(=O)OC(C)(C)C)CC1)NCC. The highest BCUT2D eigenvalue weighted by molar-refractivity contribution is 5.79. The van der Waals surface area contributed by atoms with E-state index < -0.39 is 5.60 Å². The molecule has 1 rings (SSSR count). The van der Waals surface area contributed by atoms with Crippen LogP contribution in [-0.4, -0.2) is 55.3 Å². The topological polar surface area (TPSA) is 66.0 Å². The standard InChI is InChI=1S/C17H30N4O2/c1-6-10-19-15(18-7-2)20-13-14-8-11-21(12-9-14)16(22)23-17(3,4)5/h1,14H,7-13H2,2-5H3,(H2,18,19,20). The van der Waals surface area contributed by atoms with Gasteiger partial charge in [0.1, 0.15) is 5.60 Å². The van der Waals surface area contributed by atoms with Crippen LogP contribution in [0.3, 0.4) is 0 Å². The Morgan fingerprint density at radius 3 is 2.52 bits per heavy atom. The van der Waals surface area contributed by atoms with E-state index in [1.54, 1.807) is 4.90 Å². The number of piperidine rings is 1. The van der Waals surface area contributed by atoms with Gasteiger partial charge in [-0.1, -0.05) is 5.92 Å². The van der Waals surface area contributed by atoms with Gasteiger partial charge >= 0.3 is 6.09 Å². The molecule has 1 heterocycles. The lowest BCUT2D eigenvalue weighted by Crippen LogP contribution is -2.42. The van der Waals surface area contributed by atoms with Crippen molar-refractivity contribution in [2.24, 2.45) is 10.9 Å². The molecule has 1 saturated heterocycles. The van der Waals surface area contributed by atoms with E-state index in [1.165, 1.54) is 0 Å². The van der Waals surface area contributed by atoms with Crippen LogP contribution in [0.25, 0.3) is 0 Å². The van der Waals surface area contributed by atoms with Gasteiger partial charge in [-0.2, -0.15) is 0 Å². The van der Waals surface area contributed by atoms with Crippen molar-refractivity contribution in [2.75, 3.05) is 32.7 Å². The predicted molar refractivity (Wildman–Crippen MR) is 93.3 cm³/mol. The Hall–Kier alpha value is -1.90. The minimum atomic E-state index is -0.443. The number of likely N-dealkylation sites (tertiary alicyclic amines) is 1. The lowest BCUT2D eigenvalue weighted by Gasteiger charge is -2.33. The first-order valence-electron chi connectivity index (χ1n) is 8.29. The monoisotopic (exact) mass is 322 g/mol. The fourth-order valence-corrected chi connectivity index (χ4v) is 2.32. The van der Waals surface area contributed by atoms with Crippen LogP contribution in [0.5, 0.6) is 0 Å². The number of carbonyl (C=O) groups is 1. The molecule has 23 heavy (non-hydrogen) atoms. The number of carbonyl (C=O) groups excluding carboxylic acids is 1. The molecule has 0 aromatic carbocycles. The number of guanidine groups is 1. The average molecular weight is 322 g/mol. The maximum Gasteiger partial charge on any atom is 0.410 e. The maximum absolute atomic E-state index is 12.0. The van der Waals surface area contributed by atoms with Crippen LogP contribution in [-0.2, 0) is 4.74 Å². The van der Waals surface area contributed by atoms with Crippen molar-refractivity contribution in [1.82, 2.24) is 15.5 Å². The summed E-state index contributed by atoms with van der Waals surface area (Å²) in [5, 5.41) is 6.25. The van der Waals surface area contributed by atoms with Crippen molar-refractivity contribution >= 4 is 12.1 Å². The van der Waals surface area contributed by atoms with Crippen LogP contribution in [0.15, 0.2) is 4.99 Å². The summed E-state index contributed by atoms with van der Waals surface area (Å²) in [7, 11) is 0. The van der Waals surface area contributed by atoms with E-state index in [0.29, 0.717) is 12.5 Å². The zero-order valence-electron chi connectivity index (χ0n) is 14.8.